The number of aromatic nitrogens is 1. The summed E-state index contributed by atoms with van der Waals surface area (Å²) < 4.78 is 5.49. The quantitative estimate of drug-likeness (QED) is 0.657. The van der Waals surface area contributed by atoms with Crippen molar-refractivity contribution < 1.29 is 4.74 Å². The second kappa shape index (κ2) is 7.74. The monoisotopic (exact) mass is 389 g/mol. The maximum Gasteiger partial charge on any atom is 0.211 e. The largest absolute Gasteiger partial charge is 0.496 e. The maximum absolute atomic E-state index is 5.49. The molecule has 3 aromatic rings. The number of thiazole rings is 1. The summed E-state index contributed by atoms with van der Waals surface area (Å²) in [5.74, 6) is 1.85. The Morgan fingerprint density at radius 2 is 1.71 bits per heavy atom. The van der Waals surface area contributed by atoms with E-state index in [1.54, 1.807) is 13.3 Å². The normalized spacial score (nSPS) is 14.8. The molecule has 28 heavy (non-hydrogen) atoms. The highest BCUT2D eigenvalue weighted by atomic mass is 32.1. The summed E-state index contributed by atoms with van der Waals surface area (Å²) in [6, 6.07) is 15.8. The van der Waals surface area contributed by atoms with Gasteiger partial charge in [-0.1, -0.05) is 30.3 Å². The van der Waals surface area contributed by atoms with Crippen molar-refractivity contribution in [3.63, 3.8) is 0 Å². The molecule has 0 aliphatic carbocycles. The minimum absolute atomic E-state index is 0.546. The molecule has 0 amide bonds. The van der Waals surface area contributed by atoms with Crippen LogP contribution in [0, 0.1) is 0 Å². The number of ether oxygens (including phenoxy) is 1. The molecule has 2 heterocycles. The number of benzene rings is 2. The van der Waals surface area contributed by atoms with Gasteiger partial charge >= 0.3 is 0 Å². The van der Waals surface area contributed by atoms with Gasteiger partial charge in [0.25, 0.3) is 0 Å². The minimum atomic E-state index is 0.546. The molecule has 2 aromatic carbocycles. The molecule has 0 spiro atoms. The lowest BCUT2D eigenvalue weighted by Gasteiger charge is -2.17. The molecule has 0 bridgehead atoms. The number of rotatable bonds is 5. The van der Waals surface area contributed by atoms with E-state index in [4.69, 9.17) is 14.7 Å². The third-order valence-electron chi connectivity index (χ3n) is 4.25. The molecule has 0 fully saturated rings. The van der Waals surface area contributed by atoms with Gasteiger partial charge in [0, 0.05) is 36.9 Å². The van der Waals surface area contributed by atoms with Crippen molar-refractivity contribution in [2.45, 2.75) is 0 Å². The molecule has 1 aliphatic rings. The van der Waals surface area contributed by atoms with Crippen LogP contribution in [-0.2, 0) is 0 Å². The molecular weight excluding hydrogens is 370 g/mol. The lowest BCUT2D eigenvalue weighted by Crippen LogP contribution is -2.17. The Labute approximate surface area is 167 Å². The Bertz CT molecular complexity index is 1080. The van der Waals surface area contributed by atoms with E-state index >= 15 is 0 Å². The lowest BCUT2D eigenvalue weighted by molar-refractivity contribution is 0.414. The third kappa shape index (κ3) is 3.44. The van der Waals surface area contributed by atoms with Gasteiger partial charge in [-0.3, -0.25) is 0 Å². The Morgan fingerprint density at radius 3 is 2.43 bits per heavy atom. The van der Waals surface area contributed by atoms with E-state index in [1.165, 1.54) is 11.3 Å². The summed E-state index contributed by atoms with van der Waals surface area (Å²) in [6.07, 6.45) is 1.73. The van der Waals surface area contributed by atoms with Gasteiger partial charge in [0.05, 0.1) is 12.7 Å². The zero-order valence-electron chi connectivity index (χ0n) is 15.8. The molecule has 4 rings (SSSR count). The summed E-state index contributed by atoms with van der Waals surface area (Å²) in [5.41, 5.74) is 3.57. The Balaban J connectivity index is 1.88. The van der Waals surface area contributed by atoms with Gasteiger partial charge in [0.15, 0.2) is 11.7 Å². The predicted octanol–water partition coefficient (Wildman–Crippen LogP) is 4.20. The second-order valence-corrected chi connectivity index (χ2v) is 7.13. The number of para-hydroxylation sites is 2. The van der Waals surface area contributed by atoms with Crippen LogP contribution in [0.5, 0.6) is 5.75 Å². The van der Waals surface area contributed by atoms with Gasteiger partial charge < -0.3 is 9.64 Å². The van der Waals surface area contributed by atoms with E-state index in [-0.39, 0.29) is 0 Å². The van der Waals surface area contributed by atoms with Gasteiger partial charge in [-0.05, 0) is 18.2 Å². The second-order valence-electron chi connectivity index (χ2n) is 6.26. The summed E-state index contributed by atoms with van der Waals surface area (Å²) >= 11 is 1.46. The van der Waals surface area contributed by atoms with E-state index in [0.717, 1.165) is 28.3 Å². The van der Waals surface area contributed by atoms with Gasteiger partial charge in [-0.2, -0.15) is 4.99 Å². The first-order valence-electron chi connectivity index (χ1n) is 8.73. The maximum atomic E-state index is 5.49. The van der Waals surface area contributed by atoms with Gasteiger partial charge in [-0.15, -0.1) is 11.3 Å². The van der Waals surface area contributed by atoms with Crippen molar-refractivity contribution in [1.29, 1.82) is 0 Å². The molecule has 1 aliphatic heterocycles. The summed E-state index contributed by atoms with van der Waals surface area (Å²) in [6.45, 7) is 0. The predicted molar refractivity (Wildman–Crippen MR) is 116 cm³/mol. The van der Waals surface area contributed by atoms with E-state index in [0.29, 0.717) is 16.8 Å². The highest BCUT2D eigenvalue weighted by Gasteiger charge is 2.25. The average molecular weight is 389 g/mol. The van der Waals surface area contributed by atoms with E-state index in [2.05, 4.69) is 20.9 Å². The lowest BCUT2D eigenvalue weighted by atomic mass is 10.1. The van der Waals surface area contributed by atoms with Crippen molar-refractivity contribution in [2.75, 3.05) is 26.1 Å². The molecule has 0 atom stereocenters. The summed E-state index contributed by atoms with van der Waals surface area (Å²) in [5, 5.41) is 2.54. The zero-order chi connectivity index (χ0) is 19.5. The van der Waals surface area contributed by atoms with Crippen LogP contribution in [0.3, 0.4) is 0 Å². The van der Waals surface area contributed by atoms with Crippen LogP contribution in [0.25, 0.3) is 0 Å². The number of hydrogen-bond acceptors (Lipinski definition) is 6. The van der Waals surface area contributed by atoms with E-state index in [1.807, 2.05) is 61.9 Å². The Morgan fingerprint density at radius 1 is 0.964 bits per heavy atom. The van der Waals surface area contributed by atoms with Crippen molar-refractivity contribution in [1.82, 2.24) is 4.98 Å². The number of methoxy groups -OCH3 is 1. The first kappa shape index (κ1) is 18.1. The van der Waals surface area contributed by atoms with Gasteiger partial charge in [-0.25, -0.2) is 15.0 Å². The standard InChI is InChI=1S/C21H19N5OS/c1-26(2)16-10-6-4-8-14(16)18-20(25-21-22-12-13-28-21)24-19(23-18)15-9-5-7-11-17(15)27-3/h4-13H,1-3H3/b25-20-. The molecule has 0 saturated heterocycles. The van der Waals surface area contributed by atoms with Crippen LogP contribution in [0.2, 0.25) is 0 Å². The van der Waals surface area contributed by atoms with Crippen LogP contribution in [0.1, 0.15) is 11.1 Å². The van der Waals surface area contributed by atoms with Gasteiger partial charge in [0.1, 0.15) is 11.5 Å². The van der Waals surface area contributed by atoms with Crippen molar-refractivity contribution in [2.24, 2.45) is 15.0 Å². The molecule has 7 heteroatoms. The molecule has 140 valence electrons. The number of amidine groups is 2. The Kier molecular flexibility index (Phi) is 4.99. The molecular formula is C21H19N5OS. The first-order chi connectivity index (χ1) is 13.7. The zero-order valence-corrected chi connectivity index (χ0v) is 16.6. The van der Waals surface area contributed by atoms with Crippen molar-refractivity contribution in [3.05, 3.63) is 71.2 Å². The minimum Gasteiger partial charge on any atom is -0.496 e. The molecule has 0 saturated carbocycles. The number of anilines is 1. The van der Waals surface area contributed by atoms with Crippen LogP contribution in [0.4, 0.5) is 10.8 Å². The van der Waals surface area contributed by atoms with Crippen LogP contribution < -0.4 is 9.64 Å². The van der Waals surface area contributed by atoms with Crippen LogP contribution >= 0.6 is 11.3 Å². The van der Waals surface area contributed by atoms with Crippen LogP contribution in [-0.4, -0.2) is 43.6 Å². The highest BCUT2D eigenvalue weighted by Crippen LogP contribution is 2.27. The molecule has 1 aromatic heterocycles. The molecule has 6 nitrogen and oxygen atoms in total. The fourth-order valence-electron chi connectivity index (χ4n) is 2.97. The number of hydrogen-bond donors (Lipinski definition) is 0. The topological polar surface area (TPSA) is 62.4 Å². The van der Waals surface area contributed by atoms with Crippen molar-refractivity contribution >= 4 is 39.5 Å². The number of nitrogens with zero attached hydrogens (tertiary/aromatic N) is 5. The fourth-order valence-corrected chi connectivity index (χ4v) is 3.47. The van der Waals surface area contributed by atoms with E-state index in [9.17, 15) is 0 Å². The highest BCUT2D eigenvalue weighted by molar-refractivity contribution is 7.13. The Hall–Kier alpha value is -3.32. The average Bonchev–Trinajstić information content (AvgIpc) is 3.38. The smallest absolute Gasteiger partial charge is 0.211 e. The number of aliphatic imine (C=N–C) groups is 3. The molecule has 0 N–H and O–H groups in total. The molecule has 0 radical (unpaired) electrons. The SMILES string of the molecule is COc1ccccc1C1=N/C(=N\c2nccs2)C(c2ccccc2N(C)C)=N1. The van der Waals surface area contributed by atoms with E-state index < -0.39 is 0 Å². The van der Waals surface area contributed by atoms with Gasteiger partial charge in [0.2, 0.25) is 5.13 Å². The van der Waals surface area contributed by atoms with Crippen molar-refractivity contribution in [3.8, 4) is 5.75 Å². The summed E-state index contributed by atoms with van der Waals surface area (Å²) in [4.78, 5) is 20.6. The molecule has 0 unspecified atom stereocenters. The van der Waals surface area contributed by atoms with Crippen LogP contribution in [0.15, 0.2) is 75.1 Å². The summed E-state index contributed by atoms with van der Waals surface area (Å²) in [7, 11) is 5.66. The fraction of sp³-hybridized carbons (Fsp3) is 0.143. The third-order valence-corrected chi connectivity index (χ3v) is 4.92. The first-order valence-corrected chi connectivity index (χ1v) is 9.61.